The second-order valence-electron chi connectivity index (χ2n) is 0.697. The first-order valence-corrected chi connectivity index (χ1v) is 1.77. The second-order valence-corrected chi connectivity index (χ2v) is 0.697. The molecule has 42 valence electrons. The van der Waals surface area contributed by atoms with Gasteiger partial charge in [-0.15, -0.1) is 5.11 Å². The monoisotopic (exact) mass is 102 g/mol. The lowest BCUT2D eigenvalue weighted by Crippen LogP contribution is -1.71. The summed E-state index contributed by atoms with van der Waals surface area (Å²) >= 11 is 0. The van der Waals surface area contributed by atoms with Crippen LogP contribution < -0.4 is 5.73 Å². The number of nitrogens with one attached hydrogen (secondary N) is 2. The van der Waals surface area contributed by atoms with Crippen LogP contribution in [0.2, 0.25) is 0 Å². The van der Waals surface area contributed by atoms with E-state index in [1.54, 1.807) is 0 Å². The first-order chi connectivity index (χ1) is 3.27. The molecule has 0 unspecified atom stereocenters. The number of hydrogen-bond donors (Lipinski definition) is 3. The van der Waals surface area contributed by atoms with E-state index in [0.29, 0.717) is 0 Å². The molecule has 0 heterocycles. The van der Waals surface area contributed by atoms with Crippen LogP contribution in [0.25, 0.3) is 0 Å². The third-order valence-electron chi connectivity index (χ3n) is 0.168. The van der Waals surface area contributed by atoms with Crippen LogP contribution in [0.1, 0.15) is 6.92 Å². The normalized spacial score (nSPS) is 5.57. The summed E-state index contributed by atoms with van der Waals surface area (Å²) in [5.41, 5.74) is 10.6. The van der Waals surface area contributed by atoms with Gasteiger partial charge < -0.3 is 5.73 Å². The molecule has 0 aromatic carbocycles. The average Bonchev–Trinajstić information content (AvgIpc) is 1.73. The van der Waals surface area contributed by atoms with Crippen molar-refractivity contribution in [3.8, 4) is 0 Å². The molecular formula is C3H10N4. The van der Waals surface area contributed by atoms with Gasteiger partial charge in [-0.25, -0.2) is 5.53 Å². The summed E-state index contributed by atoms with van der Waals surface area (Å²) in [7, 11) is 1.50. The number of rotatable bonds is 0. The van der Waals surface area contributed by atoms with Gasteiger partial charge in [-0.2, -0.15) is 0 Å². The molecule has 0 spiro atoms. The van der Waals surface area contributed by atoms with Crippen molar-refractivity contribution in [3.63, 3.8) is 0 Å². The molecule has 0 fully saturated rings. The molecule has 0 aliphatic carbocycles. The standard InChI is InChI=1S/C2H5N3.CH5N/c1-2(3)5-4;1-2/h3-4H,1H3;2H2,1H3. The molecule has 0 amide bonds. The highest BCUT2D eigenvalue weighted by molar-refractivity contribution is 5.75. The first kappa shape index (κ1) is 9.52. The number of nitrogens with two attached hydrogens (primary N) is 1. The minimum Gasteiger partial charge on any atom is -0.333 e. The second kappa shape index (κ2) is 8.97. The first-order valence-electron chi connectivity index (χ1n) is 1.77. The van der Waals surface area contributed by atoms with Crippen LogP contribution in [-0.4, -0.2) is 12.9 Å². The molecule has 4 nitrogen and oxygen atoms in total. The predicted octanol–water partition coefficient (Wildman–Crippen LogP) is 0.589. The maximum absolute atomic E-state index is 6.39. The Labute approximate surface area is 42.7 Å². The van der Waals surface area contributed by atoms with Crippen LogP contribution >= 0.6 is 0 Å². The fraction of sp³-hybridized carbons (Fsp3) is 0.667. The Kier molecular flexibility index (Phi) is 12.2. The Bertz CT molecular complexity index is 58.0. The molecule has 0 aliphatic rings. The highest BCUT2D eigenvalue weighted by Crippen LogP contribution is 1.62. The van der Waals surface area contributed by atoms with E-state index in [9.17, 15) is 0 Å². The van der Waals surface area contributed by atoms with Crippen LogP contribution in [-0.2, 0) is 0 Å². The van der Waals surface area contributed by atoms with Gasteiger partial charge in [-0.3, -0.25) is 5.41 Å². The molecule has 4 N–H and O–H groups in total. The lowest BCUT2D eigenvalue weighted by molar-refractivity contribution is 1.16. The quantitative estimate of drug-likeness (QED) is 0.233. The molecule has 0 rings (SSSR count). The molecular weight excluding hydrogens is 92.1 g/mol. The summed E-state index contributed by atoms with van der Waals surface area (Å²) < 4.78 is 0. The van der Waals surface area contributed by atoms with Crippen molar-refractivity contribution in [1.82, 2.24) is 0 Å². The van der Waals surface area contributed by atoms with E-state index in [0.717, 1.165) is 0 Å². The molecule has 0 bridgehead atoms. The van der Waals surface area contributed by atoms with E-state index in [2.05, 4.69) is 10.8 Å². The number of amidine groups is 1. The summed E-state index contributed by atoms with van der Waals surface area (Å²) in [6, 6.07) is 0. The number of hydrogen-bond acceptors (Lipinski definition) is 3. The lowest BCUT2D eigenvalue weighted by Gasteiger charge is -1.67. The Morgan fingerprint density at radius 1 is 1.57 bits per heavy atom. The van der Waals surface area contributed by atoms with Crippen LogP contribution in [0.3, 0.4) is 0 Å². The zero-order chi connectivity index (χ0) is 6.28. The van der Waals surface area contributed by atoms with Gasteiger partial charge in [0.1, 0.15) is 5.84 Å². The molecule has 0 aliphatic heterocycles. The maximum atomic E-state index is 6.39. The van der Waals surface area contributed by atoms with Gasteiger partial charge in [-0.1, -0.05) is 0 Å². The fourth-order valence-corrected chi connectivity index (χ4v) is 0. The van der Waals surface area contributed by atoms with E-state index in [1.165, 1.54) is 14.0 Å². The van der Waals surface area contributed by atoms with Gasteiger partial charge in [0.05, 0.1) is 0 Å². The van der Waals surface area contributed by atoms with Gasteiger partial charge in [0.2, 0.25) is 0 Å². The van der Waals surface area contributed by atoms with Crippen LogP contribution in [0.15, 0.2) is 5.11 Å². The zero-order valence-electron chi connectivity index (χ0n) is 4.52. The summed E-state index contributed by atoms with van der Waals surface area (Å²) in [5, 5.41) is 9.11. The van der Waals surface area contributed by atoms with Crippen molar-refractivity contribution in [2.24, 2.45) is 10.8 Å². The van der Waals surface area contributed by atoms with Crippen molar-refractivity contribution in [1.29, 1.82) is 10.9 Å². The fourth-order valence-electron chi connectivity index (χ4n) is 0. The molecule has 0 radical (unpaired) electrons. The van der Waals surface area contributed by atoms with E-state index >= 15 is 0 Å². The number of nitrogens with zero attached hydrogens (tertiary/aromatic N) is 1. The smallest absolute Gasteiger partial charge is 0.139 e. The van der Waals surface area contributed by atoms with Gasteiger partial charge in [0.25, 0.3) is 0 Å². The minimum absolute atomic E-state index is 0.0463. The van der Waals surface area contributed by atoms with Crippen LogP contribution in [0, 0.1) is 10.9 Å². The third-order valence-corrected chi connectivity index (χ3v) is 0.168. The molecule has 0 aromatic heterocycles. The minimum atomic E-state index is 0.0463. The van der Waals surface area contributed by atoms with Crippen LogP contribution in [0.5, 0.6) is 0 Å². The van der Waals surface area contributed by atoms with Crippen molar-refractivity contribution in [2.75, 3.05) is 7.05 Å². The third kappa shape index (κ3) is 36.1. The summed E-state index contributed by atoms with van der Waals surface area (Å²) in [6.45, 7) is 1.45. The summed E-state index contributed by atoms with van der Waals surface area (Å²) in [5.74, 6) is 0.0463. The van der Waals surface area contributed by atoms with E-state index in [1.807, 2.05) is 0 Å². The van der Waals surface area contributed by atoms with Crippen LogP contribution in [0.4, 0.5) is 0 Å². The van der Waals surface area contributed by atoms with Crippen molar-refractivity contribution < 1.29 is 0 Å². The van der Waals surface area contributed by atoms with E-state index in [4.69, 9.17) is 10.9 Å². The Morgan fingerprint density at radius 3 is 1.71 bits per heavy atom. The van der Waals surface area contributed by atoms with Crippen molar-refractivity contribution in [2.45, 2.75) is 6.92 Å². The molecule has 0 saturated heterocycles. The van der Waals surface area contributed by atoms with E-state index < -0.39 is 0 Å². The lowest BCUT2D eigenvalue weighted by atomic mass is 10.7. The van der Waals surface area contributed by atoms with Gasteiger partial charge in [-0.05, 0) is 14.0 Å². The SMILES string of the molecule is CC(=N)N=N.CN. The molecule has 0 saturated carbocycles. The van der Waals surface area contributed by atoms with Gasteiger partial charge >= 0.3 is 0 Å². The molecule has 7 heavy (non-hydrogen) atoms. The Morgan fingerprint density at radius 2 is 1.71 bits per heavy atom. The van der Waals surface area contributed by atoms with Crippen molar-refractivity contribution in [3.05, 3.63) is 0 Å². The molecule has 0 atom stereocenters. The highest BCUT2D eigenvalue weighted by atomic mass is 15.0. The molecule has 0 aromatic rings. The average molecular weight is 102 g/mol. The Balaban J connectivity index is 0. The highest BCUT2D eigenvalue weighted by Gasteiger charge is 1.66. The summed E-state index contributed by atoms with van der Waals surface area (Å²) in [4.78, 5) is 0. The van der Waals surface area contributed by atoms with Gasteiger partial charge in [0, 0.05) is 0 Å². The topological polar surface area (TPSA) is 86.1 Å². The largest absolute Gasteiger partial charge is 0.333 e. The zero-order valence-corrected chi connectivity index (χ0v) is 4.52. The predicted molar refractivity (Wildman–Crippen MR) is 28.7 cm³/mol. The molecule has 4 heteroatoms. The summed E-state index contributed by atoms with van der Waals surface area (Å²) in [6.07, 6.45) is 0. The van der Waals surface area contributed by atoms with Gasteiger partial charge in [0.15, 0.2) is 0 Å². The maximum Gasteiger partial charge on any atom is 0.139 e. The van der Waals surface area contributed by atoms with Crippen molar-refractivity contribution >= 4 is 5.84 Å². The Hall–Kier alpha value is -0.770. The van der Waals surface area contributed by atoms with E-state index in [-0.39, 0.29) is 5.84 Å².